The van der Waals surface area contributed by atoms with Crippen LogP contribution in [0.1, 0.15) is 47.0 Å². The number of thiol groups is 1. The molecule has 0 bridgehead atoms. The van der Waals surface area contributed by atoms with Crippen LogP contribution in [0.3, 0.4) is 0 Å². The number of rotatable bonds is 3. The van der Waals surface area contributed by atoms with Gasteiger partial charge in [0.1, 0.15) is 5.60 Å². The molecule has 0 spiro atoms. The van der Waals surface area contributed by atoms with Gasteiger partial charge in [0.25, 0.3) is 0 Å². The van der Waals surface area contributed by atoms with Gasteiger partial charge in [0, 0.05) is 13.1 Å². The Hall–Kier alpha value is -0.380. The van der Waals surface area contributed by atoms with E-state index in [0.717, 1.165) is 31.2 Å². The fraction of sp³-hybridized carbons (Fsp3) is 0.929. The molecule has 0 aromatic heterocycles. The summed E-state index contributed by atoms with van der Waals surface area (Å²) < 4.78 is 5.42. The first kappa shape index (κ1) is 15.7. The molecule has 1 amide bonds. The number of nitrogens with zero attached hydrogens (tertiary/aromatic N) is 1. The standard InChI is InChI=1S/C14H27NO2S/c1-11-10-15(13(16)17-14(2,3)4)8-7-12(11)6-5-9-18/h11-12,18H,5-10H2,1-4H3. The molecule has 1 aliphatic heterocycles. The Morgan fingerprint density at radius 2 is 2.11 bits per heavy atom. The molecule has 0 aromatic carbocycles. The van der Waals surface area contributed by atoms with Crippen LogP contribution in [0.25, 0.3) is 0 Å². The van der Waals surface area contributed by atoms with Crippen LogP contribution in [0.4, 0.5) is 4.79 Å². The second-order valence-corrected chi connectivity index (χ2v) is 6.77. The van der Waals surface area contributed by atoms with E-state index < -0.39 is 5.60 Å². The van der Waals surface area contributed by atoms with Crippen LogP contribution in [-0.2, 0) is 4.74 Å². The number of likely N-dealkylation sites (tertiary alicyclic amines) is 1. The normalized spacial score (nSPS) is 25.1. The average molecular weight is 273 g/mol. The molecule has 2 atom stereocenters. The van der Waals surface area contributed by atoms with E-state index in [1.54, 1.807) is 0 Å². The largest absolute Gasteiger partial charge is 0.444 e. The highest BCUT2D eigenvalue weighted by molar-refractivity contribution is 7.80. The van der Waals surface area contributed by atoms with Gasteiger partial charge in [-0.05, 0) is 57.6 Å². The Morgan fingerprint density at radius 3 is 2.61 bits per heavy atom. The van der Waals surface area contributed by atoms with E-state index >= 15 is 0 Å². The van der Waals surface area contributed by atoms with Crippen molar-refractivity contribution in [3.8, 4) is 0 Å². The Morgan fingerprint density at radius 1 is 1.44 bits per heavy atom. The van der Waals surface area contributed by atoms with Gasteiger partial charge in [0.15, 0.2) is 0 Å². The molecule has 3 nitrogen and oxygen atoms in total. The molecule has 4 heteroatoms. The van der Waals surface area contributed by atoms with E-state index in [4.69, 9.17) is 4.74 Å². The van der Waals surface area contributed by atoms with E-state index in [1.165, 1.54) is 12.8 Å². The van der Waals surface area contributed by atoms with Gasteiger partial charge in [0.2, 0.25) is 0 Å². The second-order valence-electron chi connectivity index (χ2n) is 6.32. The topological polar surface area (TPSA) is 29.5 Å². The number of carbonyl (C=O) groups excluding carboxylic acids is 1. The second kappa shape index (κ2) is 6.69. The lowest BCUT2D eigenvalue weighted by atomic mass is 9.84. The molecule has 106 valence electrons. The van der Waals surface area contributed by atoms with Crippen molar-refractivity contribution >= 4 is 18.7 Å². The van der Waals surface area contributed by atoms with E-state index in [-0.39, 0.29) is 6.09 Å². The van der Waals surface area contributed by atoms with Crippen LogP contribution < -0.4 is 0 Å². The molecule has 18 heavy (non-hydrogen) atoms. The van der Waals surface area contributed by atoms with E-state index in [9.17, 15) is 4.79 Å². The Balaban J connectivity index is 2.43. The van der Waals surface area contributed by atoms with Crippen LogP contribution in [-0.4, -0.2) is 35.4 Å². The summed E-state index contributed by atoms with van der Waals surface area (Å²) in [6.07, 6.45) is 3.33. The molecule has 0 saturated carbocycles. The van der Waals surface area contributed by atoms with Crippen molar-refractivity contribution in [1.82, 2.24) is 4.90 Å². The van der Waals surface area contributed by atoms with Crippen LogP contribution in [0.15, 0.2) is 0 Å². The van der Waals surface area contributed by atoms with Crippen molar-refractivity contribution in [2.45, 2.75) is 52.6 Å². The van der Waals surface area contributed by atoms with Gasteiger partial charge in [-0.15, -0.1) is 0 Å². The molecule has 1 aliphatic rings. The summed E-state index contributed by atoms with van der Waals surface area (Å²) in [6.45, 7) is 9.62. The smallest absolute Gasteiger partial charge is 0.410 e. The first-order valence-corrected chi connectivity index (χ1v) is 7.55. The van der Waals surface area contributed by atoms with Crippen LogP contribution in [0.2, 0.25) is 0 Å². The minimum atomic E-state index is -0.400. The number of ether oxygens (including phenoxy) is 1. The third-order valence-corrected chi connectivity index (χ3v) is 3.78. The quantitative estimate of drug-likeness (QED) is 0.796. The maximum absolute atomic E-state index is 12.0. The predicted octanol–water partition coefficient (Wildman–Crippen LogP) is 3.59. The van der Waals surface area contributed by atoms with Gasteiger partial charge >= 0.3 is 6.09 Å². The molecule has 0 aliphatic carbocycles. The van der Waals surface area contributed by atoms with Gasteiger partial charge < -0.3 is 9.64 Å². The number of carbonyl (C=O) groups is 1. The number of hydrogen-bond donors (Lipinski definition) is 1. The van der Waals surface area contributed by atoms with Crippen molar-refractivity contribution < 1.29 is 9.53 Å². The van der Waals surface area contributed by atoms with Crippen LogP contribution in [0.5, 0.6) is 0 Å². The van der Waals surface area contributed by atoms with Crippen molar-refractivity contribution in [3.63, 3.8) is 0 Å². The Kier molecular flexibility index (Phi) is 5.83. The minimum Gasteiger partial charge on any atom is -0.444 e. The monoisotopic (exact) mass is 273 g/mol. The summed E-state index contributed by atoms with van der Waals surface area (Å²) in [5, 5.41) is 0. The lowest BCUT2D eigenvalue weighted by Gasteiger charge is -2.37. The molecule has 1 rings (SSSR count). The molecular weight excluding hydrogens is 246 g/mol. The Bertz CT molecular complexity index is 275. The number of piperidine rings is 1. The van der Waals surface area contributed by atoms with Crippen molar-refractivity contribution in [2.24, 2.45) is 11.8 Å². The zero-order valence-electron chi connectivity index (χ0n) is 12.1. The third kappa shape index (κ3) is 5.09. The van der Waals surface area contributed by atoms with Gasteiger partial charge in [0.05, 0.1) is 0 Å². The minimum absolute atomic E-state index is 0.165. The third-order valence-electron chi connectivity index (χ3n) is 3.47. The number of hydrogen-bond acceptors (Lipinski definition) is 3. The van der Waals surface area contributed by atoms with E-state index in [2.05, 4.69) is 19.6 Å². The lowest BCUT2D eigenvalue weighted by molar-refractivity contribution is 0.0111. The van der Waals surface area contributed by atoms with Gasteiger partial charge in [-0.2, -0.15) is 12.6 Å². The average Bonchev–Trinajstić information content (AvgIpc) is 2.25. The van der Waals surface area contributed by atoms with Crippen molar-refractivity contribution in [3.05, 3.63) is 0 Å². The molecule has 0 aromatic rings. The highest BCUT2D eigenvalue weighted by atomic mass is 32.1. The van der Waals surface area contributed by atoms with Crippen LogP contribution >= 0.6 is 12.6 Å². The van der Waals surface area contributed by atoms with Crippen molar-refractivity contribution in [1.29, 1.82) is 0 Å². The maximum atomic E-state index is 12.0. The zero-order valence-corrected chi connectivity index (χ0v) is 13.0. The van der Waals surface area contributed by atoms with E-state index in [1.807, 2.05) is 25.7 Å². The lowest BCUT2D eigenvalue weighted by Crippen LogP contribution is -2.45. The molecule has 0 N–H and O–H groups in total. The zero-order chi connectivity index (χ0) is 13.8. The summed E-state index contributed by atoms with van der Waals surface area (Å²) in [4.78, 5) is 13.8. The van der Waals surface area contributed by atoms with Crippen molar-refractivity contribution in [2.75, 3.05) is 18.8 Å². The summed E-state index contributed by atoms with van der Waals surface area (Å²) in [7, 11) is 0. The van der Waals surface area contributed by atoms with Gasteiger partial charge in [-0.3, -0.25) is 0 Å². The highest BCUT2D eigenvalue weighted by Gasteiger charge is 2.30. The fourth-order valence-electron chi connectivity index (χ4n) is 2.47. The number of amides is 1. The molecule has 1 heterocycles. The first-order chi connectivity index (χ1) is 8.33. The predicted molar refractivity (Wildman–Crippen MR) is 78.2 cm³/mol. The van der Waals surface area contributed by atoms with E-state index in [0.29, 0.717) is 5.92 Å². The summed E-state index contributed by atoms with van der Waals surface area (Å²) in [5.41, 5.74) is -0.400. The van der Waals surface area contributed by atoms with Gasteiger partial charge in [-0.25, -0.2) is 4.79 Å². The summed E-state index contributed by atoms with van der Waals surface area (Å²) in [5.74, 6) is 2.25. The first-order valence-electron chi connectivity index (χ1n) is 6.92. The summed E-state index contributed by atoms with van der Waals surface area (Å²) >= 11 is 4.26. The SMILES string of the molecule is CC1CN(C(=O)OC(C)(C)C)CCC1CCCS. The molecule has 2 unspecified atom stereocenters. The summed E-state index contributed by atoms with van der Waals surface area (Å²) in [6, 6.07) is 0. The molecular formula is C14H27NO2S. The molecule has 1 fully saturated rings. The van der Waals surface area contributed by atoms with Crippen LogP contribution in [0, 0.1) is 11.8 Å². The highest BCUT2D eigenvalue weighted by Crippen LogP contribution is 2.28. The Labute approximate surface area is 117 Å². The van der Waals surface area contributed by atoms with Gasteiger partial charge in [-0.1, -0.05) is 6.92 Å². The molecule has 1 saturated heterocycles. The maximum Gasteiger partial charge on any atom is 0.410 e. The molecule has 0 radical (unpaired) electrons. The fourth-order valence-corrected chi connectivity index (χ4v) is 2.65.